The third kappa shape index (κ3) is 1.12. The van der Waals surface area contributed by atoms with E-state index >= 15 is 0 Å². The molecule has 1 aliphatic carbocycles. The molecule has 3 fully saturated rings. The third-order valence-electron chi connectivity index (χ3n) is 3.37. The van der Waals surface area contributed by atoms with Crippen LogP contribution in [0.4, 0.5) is 5.69 Å². The van der Waals surface area contributed by atoms with Gasteiger partial charge in [0.05, 0.1) is 0 Å². The number of anilines is 1. The minimum Gasteiger partial charge on any atom is -0.309 e. The van der Waals surface area contributed by atoms with Crippen molar-refractivity contribution in [2.45, 2.75) is 18.9 Å². The fourth-order valence-corrected chi connectivity index (χ4v) is 2.43. The molecule has 2 bridgehead atoms. The Morgan fingerprint density at radius 1 is 1.20 bits per heavy atom. The van der Waals surface area contributed by atoms with E-state index in [0.29, 0.717) is 11.6 Å². The second-order valence-electron chi connectivity index (χ2n) is 4.24. The molecule has 1 aromatic carbocycles. The van der Waals surface area contributed by atoms with Crippen molar-refractivity contribution in [3.05, 3.63) is 29.8 Å². The maximum absolute atomic E-state index is 11.8. The van der Waals surface area contributed by atoms with E-state index < -0.39 is 0 Å². The third-order valence-corrected chi connectivity index (χ3v) is 3.37. The van der Waals surface area contributed by atoms with Crippen LogP contribution < -0.4 is 4.90 Å². The molecule has 0 radical (unpaired) electrons. The molecule has 0 unspecified atom stereocenters. The second kappa shape index (κ2) is 2.92. The predicted octanol–water partition coefficient (Wildman–Crippen LogP) is 1.62. The van der Waals surface area contributed by atoms with Gasteiger partial charge in [0.1, 0.15) is 6.29 Å². The maximum Gasteiger partial charge on any atom is 0.230 e. The van der Waals surface area contributed by atoms with Gasteiger partial charge in [0, 0.05) is 23.2 Å². The van der Waals surface area contributed by atoms with Gasteiger partial charge < -0.3 is 4.90 Å². The number of amides is 1. The molecule has 2 aliphatic heterocycles. The van der Waals surface area contributed by atoms with Gasteiger partial charge in [-0.25, -0.2) is 0 Å². The number of carbonyl (C=O) groups is 2. The lowest BCUT2D eigenvalue weighted by Gasteiger charge is -2.24. The normalized spacial score (nSPS) is 27.7. The van der Waals surface area contributed by atoms with Crippen molar-refractivity contribution < 1.29 is 9.59 Å². The Labute approximate surface area is 87.7 Å². The van der Waals surface area contributed by atoms with Crippen LogP contribution >= 0.6 is 0 Å². The van der Waals surface area contributed by atoms with Crippen molar-refractivity contribution in [3.8, 4) is 0 Å². The summed E-state index contributed by atoms with van der Waals surface area (Å²) >= 11 is 0. The van der Waals surface area contributed by atoms with Crippen molar-refractivity contribution in [2.24, 2.45) is 5.92 Å². The average Bonchev–Trinajstić information content (AvgIpc) is 2.69. The number of aldehydes is 1. The van der Waals surface area contributed by atoms with Gasteiger partial charge in [0.25, 0.3) is 0 Å². The molecular formula is C12H11NO2. The summed E-state index contributed by atoms with van der Waals surface area (Å²) in [5.41, 5.74) is 1.58. The van der Waals surface area contributed by atoms with Gasteiger partial charge >= 0.3 is 0 Å². The van der Waals surface area contributed by atoms with Crippen LogP contribution in [0.3, 0.4) is 0 Å². The van der Waals surface area contributed by atoms with E-state index in [1.54, 1.807) is 12.1 Å². The predicted molar refractivity (Wildman–Crippen MR) is 55.8 cm³/mol. The minimum atomic E-state index is 0.249. The lowest BCUT2D eigenvalue weighted by atomic mass is 9.86. The number of benzene rings is 1. The van der Waals surface area contributed by atoms with Crippen molar-refractivity contribution in [1.82, 2.24) is 0 Å². The first-order chi connectivity index (χ1) is 7.29. The van der Waals surface area contributed by atoms with Crippen LogP contribution in [0.1, 0.15) is 23.2 Å². The van der Waals surface area contributed by atoms with E-state index in [9.17, 15) is 9.59 Å². The number of carbonyl (C=O) groups excluding carboxylic acids is 2. The van der Waals surface area contributed by atoms with E-state index in [-0.39, 0.29) is 11.8 Å². The lowest BCUT2D eigenvalue weighted by Crippen LogP contribution is -2.29. The van der Waals surface area contributed by atoms with Crippen LogP contribution in [0, 0.1) is 5.92 Å². The van der Waals surface area contributed by atoms with Crippen molar-refractivity contribution in [2.75, 3.05) is 4.90 Å². The smallest absolute Gasteiger partial charge is 0.230 e. The van der Waals surface area contributed by atoms with Crippen LogP contribution in [0.2, 0.25) is 0 Å². The first-order valence-electron chi connectivity index (χ1n) is 5.18. The summed E-state index contributed by atoms with van der Waals surface area (Å²) in [7, 11) is 0. The van der Waals surface area contributed by atoms with Gasteiger partial charge in [-0.15, -0.1) is 0 Å². The zero-order valence-corrected chi connectivity index (χ0v) is 8.22. The van der Waals surface area contributed by atoms with Gasteiger partial charge in [0.15, 0.2) is 0 Å². The molecule has 2 saturated heterocycles. The van der Waals surface area contributed by atoms with Gasteiger partial charge in [-0.05, 0) is 37.1 Å². The summed E-state index contributed by atoms with van der Waals surface area (Å²) in [6, 6.07) is 7.62. The van der Waals surface area contributed by atoms with Gasteiger partial charge in [-0.1, -0.05) is 0 Å². The largest absolute Gasteiger partial charge is 0.309 e. The molecule has 0 atom stereocenters. The Hall–Kier alpha value is -1.64. The average molecular weight is 201 g/mol. The van der Waals surface area contributed by atoms with Crippen molar-refractivity contribution in [1.29, 1.82) is 0 Å². The highest BCUT2D eigenvalue weighted by Crippen LogP contribution is 2.44. The molecule has 3 nitrogen and oxygen atoms in total. The highest BCUT2D eigenvalue weighted by Gasteiger charge is 2.50. The van der Waals surface area contributed by atoms with E-state index in [0.717, 1.165) is 24.8 Å². The molecule has 0 N–H and O–H groups in total. The van der Waals surface area contributed by atoms with E-state index in [1.165, 1.54) is 0 Å². The topological polar surface area (TPSA) is 37.4 Å². The molecule has 3 aliphatic rings. The van der Waals surface area contributed by atoms with Crippen LogP contribution in [0.25, 0.3) is 0 Å². The number of rotatable bonds is 2. The summed E-state index contributed by atoms with van der Waals surface area (Å²) in [5, 5.41) is 0. The van der Waals surface area contributed by atoms with Gasteiger partial charge in [-0.2, -0.15) is 0 Å². The van der Waals surface area contributed by atoms with Crippen LogP contribution in [-0.2, 0) is 4.79 Å². The number of nitrogens with zero attached hydrogens (tertiary/aromatic N) is 1. The molecular weight excluding hydrogens is 190 g/mol. The SMILES string of the molecule is O=Cc1ccc(N2C(=O)C3CC2C3)cc1. The van der Waals surface area contributed by atoms with E-state index in [2.05, 4.69) is 0 Å². The monoisotopic (exact) mass is 201 g/mol. The molecule has 1 aromatic rings. The molecule has 0 spiro atoms. The highest BCUT2D eigenvalue weighted by molar-refractivity contribution is 6.01. The second-order valence-corrected chi connectivity index (χ2v) is 4.24. The molecule has 76 valence electrons. The van der Waals surface area contributed by atoms with Crippen molar-refractivity contribution >= 4 is 17.9 Å². The molecule has 3 heteroatoms. The maximum atomic E-state index is 11.8. The van der Waals surface area contributed by atoms with Gasteiger partial charge in [-0.3, -0.25) is 9.59 Å². The first-order valence-corrected chi connectivity index (χ1v) is 5.18. The highest BCUT2D eigenvalue weighted by atomic mass is 16.2. The lowest BCUT2D eigenvalue weighted by molar-refractivity contribution is -0.119. The Morgan fingerprint density at radius 2 is 1.87 bits per heavy atom. The summed E-state index contributed by atoms with van der Waals surface area (Å²) < 4.78 is 0. The Balaban J connectivity index is 1.93. The van der Waals surface area contributed by atoms with E-state index in [1.807, 2.05) is 17.0 Å². The van der Waals surface area contributed by atoms with Crippen LogP contribution in [0.15, 0.2) is 24.3 Å². The van der Waals surface area contributed by atoms with Gasteiger partial charge in [0.2, 0.25) is 5.91 Å². The fourth-order valence-electron chi connectivity index (χ4n) is 2.43. The fraction of sp³-hybridized carbons (Fsp3) is 0.333. The summed E-state index contributed by atoms with van der Waals surface area (Å²) in [6.45, 7) is 0. The standard InChI is InChI=1S/C12H11NO2/c14-7-8-1-3-10(4-2-8)13-11-5-9(6-11)12(13)15/h1-4,7,9,11H,5-6H2. The van der Waals surface area contributed by atoms with Crippen LogP contribution in [-0.4, -0.2) is 18.2 Å². The zero-order chi connectivity index (χ0) is 10.4. The summed E-state index contributed by atoms with van der Waals surface area (Å²) in [5.74, 6) is 0.514. The zero-order valence-electron chi connectivity index (χ0n) is 8.22. The quantitative estimate of drug-likeness (QED) is 0.682. The summed E-state index contributed by atoms with van der Waals surface area (Å²) in [6.07, 6.45) is 2.83. The molecule has 2 heterocycles. The van der Waals surface area contributed by atoms with Crippen molar-refractivity contribution in [3.63, 3.8) is 0 Å². The molecule has 1 saturated carbocycles. The Kier molecular flexibility index (Phi) is 1.69. The first kappa shape index (κ1) is 8.65. The molecule has 1 amide bonds. The minimum absolute atomic E-state index is 0.249. The number of hydrogen-bond acceptors (Lipinski definition) is 2. The van der Waals surface area contributed by atoms with Crippen LogP contribution in [0.5, 0.6) is 0 Å². The molecule has 0 aromatic heterocycles. The van der Waals surface area contributed by atoms with E-state index in [4.69, 9.17) is 0 Å². The molecule has 4 rings (SSSR count). The number of fused-ring (bicyclic) bond motifs is 1. The Morgan fingerprint density at radius 3 is 2.33 bits per heavy atom. The number of hydrogen-bond donors (Lipinski definition) is 0. The molecule has 15 heavy (non-hydrogen) atoms. The summed E-state index contributed by atoms with van der Waals surface area (Å²) in [4.78, 5) is 24.1. The Bertz CT molecular complexity index is 418.